The van der Waals surface area contributed by atoms with Gasteiger partial charge >= 0.3 is 0 Å². The number of benzene rings is 18. The van der Waals surface area contributed by atoms with Crippen LogP contribution < -0.4 is 26.2 Å². The largest absolute Gasteiger partial charge is 0.310 e. The fourth-order valence-electron chi connectivity index (χ4n) is 18.1. The van der Waals surface area contributed by atoms with E-state index < -0.39 is 114 Å². The second kappa shape index (κ2) is 27.2. The second-order valence-electron chi connectivity index (χ2n) is 32.6. The summed E-state index contributed by atoms with van der Waals surface area (Å²) >= 11 is 0. The van der Waals surface area contributed by atoms with Crippen LogP contribution in [0.5, 0.6) is 0 Å². The molecule has 0 fully saturated rings. The van der Waals surface area contributed by atoms with Gasteiger partial charge in [0, 0.05) is 77.9 Å². The van der Waals surface area contributed by atoms with Crippen LogP contribution in [0.1, 0.15) is 77.3 Å². The summed E-state index contributed by atoms with van der Waals surface area (Å²) < 4.78 is 180. The summed E-state index contributed by atoms with van der Waals surface area (Å²) in [7, 11) is 0. The van der Waals surface area contributed by atoms with Gasteiger partial charge in [0.25, 0.3) is 6.71 Å². The molecule has 0 bridgehead atoms. The number of rotatable bonds is 11. The molecule has 2 aromatic heterocycles. The van der Waals surface area contributed by atoms with E-state index in [2.05, 4.69) is 215 Å². The summed E-state index contributed by atoms with van der Waals surface area (Å²) in [5, 5.41) is 3.12. The lowest BCUT2D eigenvalue weighted by Crippen LogP contribution is -2.61. The lowest BCUT2D eigenvalue weighted by atomic mass is 9.33. The maximum atomic E-state index is 11.2. The van der Waals surface area contributed by atoms with Gasteiger partial charge in [-0.15, -0.1) is 0 Å². The van der Waals surface area contributed by atoms with Crippen LogP contribution in [0.4, 0.5) is 34.1 Å². The van der Waals surface area contributed by atoms with Crippen LogP contribution in [-0.4, -0.2) is 15.8 Å². The Bertz CT molecular complexity index is 8300. The molecule has 117 heavy (non-hydrogen) atoms. The highest BCUT2D eigenvalue weighted by Gasteiger charge is 2.47. The topological polar surface area (TPSA) is 16.3 Å². The molecule has 0 N–H and O–H groups in total. The molecule has 5 heteroatoms. The fraction of sp³-hybridized carbons (Fsp3) is 0.0714. The van der Waals surface area contributed by atoms with Crippen LogP contribution >= 0.6 is 0 Å². The summed E-state index contributed by atoms with van der Waals surface area (Å²) in [6.45, 7) is 12.0. The van der Waals surface area contributed by atoms with Gasteiger partial charge in [-0.3, -0.25) is 0 Å². The van der Waals surface area contributed by atoms with Crippen LogP contribution in [0.25, 0.3) is 154 Å². The number of anilines is 6. The Morgan fingerprint density at radius 3 is 1.07 bits per heavy atom. The molecule has 2 aliphatic rings. The molecule has 0 amide bonds. The average Bonchev–Trinajstić information content (AvgIpc) is 1.46. The van der Waals surface area contributed by atoms with E-state index in [0.717, 1.165) is 111 Å². The number of para-hydroxylation sites is 4. The van der Waals surface area contributed by atoms with Crippen molar-refractivity contribution in [3.05, 3.63) is 405 Å². The first-order valence-corrected chi connectivity index (χ1v) is 39.6. The minimum atomic E-state index is -1.09. The lowest BCUT2D eigenvalue weighted by Gasteiger charge is -2.47. The monoisotopic (exact) mass is 1510 g/mol. The van der Waals surface area contributed by atoms with Crippen molar-refractivity contribution in [3.63, 3.8) is 0 Å². The van der Waals surface area contributed by atoms with Gasteiger partial charge in [0.1, 0.15) is 0 Å². The van der Waals surface area contributed by atoms with E-state index in [1.807, 2.05) is 109 Å². The third-order valence-electron chi connectivity index (χ3n) is 23.7. The maximum absolute atomic E-state index is 11.2. The molecule has 0 aliphatic carbocycles. The van der Waals surface area contributed by atoms with E-state index in [0.29, 0.717) is 50.5 Å². The number of hydrogen-bond acceptors (Lipinski definition) is 2. The lowest BCUT2D eigenvalue weighted by molar-refractivity contribution is 0.590. The van der Waals surface area contributed by atoms with Crippen molar-refractivity contribution in [1.82, 2.24) is 9.13 Å². The number of hydrogen-bond donors (Lipinski definition) is 0. The Kier molecular flexibility index (Phi) is 12.3. The van der Waals surface area contributed by atoms with E-state index in [4.69, 9.17) is 0 Å². The summed E-state index contributed by atoms with van der Waals surface area (Å²) in [5.41, 5.74) is 16.3. The van der Waals surface area contributed by atoms with Gasteiger partial charge in [0.05, 0.1) is 58.1 Å². The standard InChI is InChI=1S/C112H83BN4/c1-111(2,3)82-66-94(78-44-31-42-76(61-78)72-33-11-7-12-34-72)109(95(67-82)79-45-32-43-77(62-79)73-35-13-8-14-36-73)116-104-70-84(114-100-53-27-23-49-89(100)90-50-24-28-54-101(90)114)57-59-98(104)113-99-60-58-85(115-102-55-29-25-51-91(102)92-52-26-30-56-103(92)115)71-105(99)117(107-69-83(112(4,5)6)68-106(116)108(107)113)110-93(75-39-17-10-18-40-75)64-81(74-37-15-9-16-38-74)65-97(110)96-63-80-41-19-20-46-86(80)87-47-21-22-48-88(87)96/h7-71H,1-6H3/i23D,24D,25D,26D,27D,28D,29D,30D,49D,50D,51D,52D,53D,54D,55D,56D,57D,58D. The number of aromatic nitrogens is 2. The van der Waals surface area contributed by atoms with Gasteiger partial charge in [-0.2, -0.15) is 0 Å². The zero-order valence-corrected chi connectivity index (χ0v) is 65.0. The summed E-state index contributed by atoms with van der Waals surface area (Å²) in [6.07, 6.45) is 0. The van der Waals surface area contributed by atoms with Crippen molar-refractivity contribution in [2.45, 2.75) is 52.4 Å². The van der Waals surface area contributed by atoms with Crippen molar-refractivity contribution >= 4 is 122 Å². The Morgan fingerprint density at radius 2 is 0.607 bits per heavy atom. The van der Waals surface area contributed by atoms with Gasteiger partial charge < -0.3 is 18.9 Å². The smallest absolute Gasteiger partial charge is 0.252 e. The van der Waals surface area contributed by atoms with E-state index >= 15 is 0 Å². The van der Waals surface area contributed by atoms with E-state index in [1.165, 1.54) is 9.13 Å². The molecule has 20 aromatic rings. The average molecular weight is 1510 g/mol. The fourth-order valence-corrected chi connectivity index (χ4v) is 18.1. The highest BCUT2D eigenvalue weighted by Crippen LogP contribution is 2.57. The highest BCUT2D eigenvalue weighted by atomic mass is 15.2. The molecule has 22 rings (SSSR count). The molecule has 4 heterocycles. The first-order chi connectivity index (χ1) is 64.8. The Labute approximate surface area is 709 Å². The van der Waals surface area contributed by atoms with E-state index in [-0.39, 0.29) is 67.1 Å². The maximum Gasteiger partial charge on any atom is 0.252 e. The predicted molar refractivity (Wildman–Crippen MR) is 500 cm³/mol. The molecule has 0 unspecified atom stereocenters. The highest BCUT2D eigenvalue weighted by molar-refractivity contribution is 7.00. The minimum Gasteiger partial charge on any atom is -0.310 e. The third-order valence-corrected chi connectivity index (χ3v) is 23.7. The van der Waals surface area contributed by atoms with Crippen LogP contribution in [-0.2, 0) is 10.8 Å². The normalized spacial score (nSPS) is 14.8. The summed E-state index contributed by atoms with van der Waals surface area (Å²) in [5.74, 6) is 0. The first kappa shape index (κ1) is 52.9. The van der Waals surface area contributed by atoms with Crippen molar-refractivity contribution < 1.29 is 24.7 Å². The van der Waals surface area contributed by atoms with Gasteiger partial charge in [0.15, 0.2) is 0 Å². The molecular formula is C112H83BN4. The predicted octanol–water partition coefficient (Wildman–Crippen LogP) is 28.5. The quantitative estimate of drug-likeness (QED) is 0.0948. The minimum absolute atomic E-state index is 0.0241. The van der Waals surface area contributed by atoms with Gasteiger partial charge in [0.2, 0.25) is 0 Å². The summed E-state index contributed by atoms with van der Waals surface area (Å²) in [4.78, 5) is 4.54. The molecule has 2 aliphatic heterocycles. The third kappa shape index (κ3) is 11.4. The van der Waals surface area contributed by atoms with E-state index in [9.17, 15) is 24.7 Å². The number of nitrogens with zero attached hydrogens (tertiary/aromatic N) is 4. The SMILES string of the molecule is [2H]c1cc2c(cc1-n1c3c([2H])c([2H])c([2H])c([2H])c3c3c([2H])c([2H])c([2H])c([2H])c31)N(c1c(-c3cccc(-c4ccccc4)c3)cc(C(C)(C)C)cc1-c1cccc(-c3ccccc3)c1)c1cc(C(C)(C)C)cc3c1B2c1cc([2H])c(-n2c4c([2H])c([2H])c([2H])c([2H])c4c4c([2H])c([2H])c([2H])c([2H])c42)cc1N3c1c(-c2ccccc2)cc(-c2ccccc2)cc1-c1cc2ccccc2c2ccccc12. The summed E-state index contributed by atoms with van der Waals surface area (Å²) in [6, 6.07) is 87.2. The number of fused-ring (bicyclic) bond motifs is 13. The van der Waals surface area contributed by atoms with Gasteiger partial charge in [-0.1, -0.05) is 332 Å². The Balaban J connectivity index is 0.986. The molecular weight excluding hydrogens is 1410 g/mol. The molecule has 0 atom stereocenters. The van der Waals surface area contributed by atoms with Crippen molar-refractivity contribution in [3.8, 4) is 89.3 Å². The molecule has 554 valence electrons. The van der Waals surface area contributed by atoms with Crippen LogP contribution in [0.15, 0.2) is 394 Å². The molecule has 18 aromatic carbocycles. The van der Waals surface area contributed by atoms with Gasteiger partial charge in [-0.05, 0) is 219 Å². The molecule has 0 spiro atoms. The van der Waals surface area contributed by atoms with Gasteiger partial charge in [-0.25, -0.2) is 0 Å². The second-order valence-corrected chi connectivity index (χ2v) is 32.6. The van der Waals surface area contributed by atoms with Crippen LogP contribution in [0, 0.1) is 0 Å². The molecule has 0 saturated carbocycles. The van der Waals surface area contributed by atoms with Crippen molar-refractivity contribution in [1.29, 1.82) is 0 Å². The Morgan fingerprint density at radius 1 is 0.248 bits per heavy atom. The molecule has 4 nitrogen and oxygen atoms in total. The van der Waals surface area contributed by atoms with Crippen LogP contribution in [0.2, 0.25) is 0 Å². The van der Waals surface area contributed by atoms with Crippen LogP contribution in [0.3, 0.4) is 0 Å². The first-order valence-electron chi connectivity index (χ1n) is 48.6. The Hall–Kier alpha value is -14.3. The zero-order chi connectivity index (χ0) is 94.0. The van der Waals surface area contributed by atoms with Crippen molar-refractivity contribution in [2.24, 2.45) is 0 Å². The zero-order valence-electron chi connectivity index (χ0n) is 83.0. The van der Waals surface area contributed by atoms with Crippen molar-refractivity contribution in [2.75, 3.05) is 9.80 Å². The molecule has 0 radical (unpaired) electrons. The van der Waals surface area contributed by atoms with E-state index in [1.54, 1.807) is 12.1 Å². The molecule has 0 saturated heterocycles.